The Bertz CT molecular complexity index is 1180. The lowest BCUT2D eigenvalue weighted by molar-refractivity contribution is -0.694. The van der Waals surface area contributed by atoms with Crippen LogP contribution in [0.4, 0.5) is 0 Å². The summed E-state index contributed by atoms with van der Waals surface area (Å²) in [4.78, 5) is 15.5. The fraction of sp³-hybridized carbons (Fsp3) is 0.486. The molecular formula is C35H48ClN2O2+. The molecule has 0 spiro atoms. The molecule has 0 saturated heterocycles. The van der Waals surface area contributed by atoms with Gasteiger partial charge in [0.05, 0.1) is 23.7 Å². The third-order valence-electron chi connectivity index (χ3n) is 7.49. The molecule has 216 valence electrons. The van der Waals surface area contributed by atoms with Gasteiger partial charge in [-0.15, -0.1) is 0 Å². The van der Waals surface area contributed by atoms with Gasteiger partial charge in [0.1, 0.15) is 12.3 Å². The Balaban J connectivity index is 1.55. The molecule has 4 nitrogen and oxygen atoms in total. The molecule has 2 aromatic carbocycles. The van der Waals surface area contributed by atoms with Crippen LogP contribution in [0.1, 0.15) is 105 Å². The lowest BCUT2D eigenvalue weighted by atomic mass is 10.1. The average Bonchev–Trinajstić information content (AvgIpc) is 2.96. The highest BCUT2D eigenvalue weighted by Crippen LogP contribution is 2.23. The number of carbonyl (C=O) groups excluding carboxylic acids is 1. The summed E-state index contributed by atoms with van der Waals surface area (Å²) in [5.74, 6) is 0.825. The van der Waals surface area contributed by atoms with Crippen molar-refractivity contribution >= 4 is 17.5 Å². The van der Waals surface area contributed by atoms with Crippen LogP contribution in [-0.2, 0) is 19.6 Å². The molecule has 0 N–H and O–H groups in total. The zero-order valence-electron chi connectivity index (χ0n) is 24.8. The van der Waals surface area contributed by atoms with Crippen LogP contribution in [0.2, 0.25) is 5.02 Å². The fourth-order valence-electron chi connectivity index (χ4n) is 5.01. The summed E-state index contributed by atoms with van der Waals surface area (Å²) in [5.41, 5.74) is 3.83. The number of halogens is 1. The summed E-state index contributed by atoms with van der Waals surface area (Å²) in [5, 5.41) is 0.474. The van der Waals surface area contributed by atoms with Crippen LogP contribution in [-0.4, -0.2) is 17.4 Å². The molecule has 40 heavy (non-hydrogen) atoms. The summed E-state index contributed by atoms with van der Waals surface area (Å²) < 4.78 is 8.20. The molecule has 0 saturated carbocycles. The molecule has 1 heterocycles. The molecule has 0 aliphatic rings. The second-order valence-corrected chi connectivity index (χ2v) is 11.2. The third kappa shape index (κ3) is 10.6. The number of hydrogen-bond donors (Lipinski definition) is 0. The molecule has 0 unspecified atom stereocenters. The molecule has 3 rings (SSSR count). The number of pyridine rings is 1. The monoisotopic (exact) mass is 563 g/mol. The van der Waals surface area contributed by atoms with Crippen LogP contribution in [0.15, 0.2) is 67.0 Å². The molecule has 0 aliphatic carbocycles. The highest BCUT2D eigenvalue weighted by molar-refractivity contribution is 6.33. The normalized spacial score (nSPS) is 11.0. The van der Waals surface area contributed by atoms with Gasteiger partial charge in [-0.2, -0.15) is 0 Å². The first kappa shape index (κ1) is 31.7. The van der Waals surface area contributed by atoms with Gasteiger partial charge in [-0.1, -0.05) is 94.5 Å². The molecular weight excluding hydrogens is 516 g/mol. The van der Waals surface area contributed by atoms with Crippen LogP contribution in [0.25, 0.3) is 0 Å². The van der Waals surface area contributed by atoms with Gasteiger partial charge < -0.3 is 9.64 Å². The summed E-state index contributed by atoms with van der Waals surface area (Å²) >= 11 is 6.42. The molecule has 0 fully saturated rings. The number of rotatable bonds is 18. The molecule has 1 amide bonds. The quantitative estimate of drug-likeness (QED) is 0.114. The molecule has 3 aromatic rings. The Kier molecular flexibility index (Phi) is 14.1. The Labute approximate surface area is 247 Å². The van der Waals surface area contributed by atoms with E-state index in [1.807, 2.05) is 35.4 Å². The van der Waals surface area contributed by atoms with Crippen LogP contribution in [0.5, 0.6) is 5.75 Å². The molecule has 0 aliphatic heterocycles. The first-order valence-electron chi connectivity index (χ1n) is 15.3. The first-order valence-corrected chi connectivity index (χ1v) is 15.6. The number of ether oxygens (including phenoxy) is 1. The van der Waals surface area contributed by atoms with Crippen molar-refractivity contribution in [2.24, 2.45) is 0 Å². The van der Waals surface area contributed by atoms with Crippen LogP contribution in [0.3, 0.4) is 0 Å². The third-order valence-corrected chi connectivity index (χ3v) is 7.82. The van der Waals surface area contributed by atoms with Crippen molar-refractivity contribution in [1.29, 1.82) is 0 Å². The largest absolute Gasteiger partial charge is 0.494 e. The van der Waals surface area contributed by atoms with Crippen molar-refractivity contribution in [1.82, 2.24) is 4.90 Å². The van der Waals surface area contributed by atoms with E-state index in [9.17, 15) is 4.79 Å². The number of unbranched alkanes of at least 4 members (excludes halogenated alkanes) is 9. The Morgan fingerprint density at radius 2 is 1.55 bits per heavy atom. The highest BCUT2D eigenvalue weighted by Gasteiger charge is 2.21. The second kappa shape index (κ2) is 17.8. The van der Waals surface area contributed by atoms with E-state index in [1.54, 1.807) is 12.1 Å². The van der Waals surface area contributed by atoms with Crippen LogP contribution >= 0.6 is 11.6 Å². The minimum Gasteiger partial charge on any atom is -0.494 e. The molecule has 0 atom stereocenters. The maximum absolute atomic E-state index is 13.6. The summed E-state index contributed by atoms with van der Waals surface area (Å²) in [6.07, 6.45) is 17.3. The fourth-order valence-corrected chi connectivity index (χ4v) is 5.23. The highest BCUT2D eigenvalue weighted by atomic mass is 35.5. The maximum atomic E-state index is 13.6. The smallest absolute Gasteiger partial charge is 0.255 e. The van der Waals surface area contributed by atoms with Crippen molar-refractivity contribution in [3.8, 4) is 5.75 Å². The van der Waals surface area contributed by atoms with E-state index in [-0.39, 0.29) is 5.91 Å². The number of carbonyl (C=O) groups is 1. The van der Waals surface area contributed by atoms with E-state index >= 15 is 0 Å². The average molecular weight is 564 g/mol. The van der Waals surface area contributed by atoms with E-state index in [1.165, 1.54) is 57.8 Å². The van der Waals surface area contributed by atoms with E-state index in [0.29, 0.717) is 23.7 Å². The van der Waals surface area contributed by atoms with Gasteiger partial charge in [0.2, 0.25) is 0 Å². The SMILES string of the molecule is CCCCCCCCCCCCOc1ccc(CN(Cc2ccc[n+](CC)c2)C(=O)c2ccccc2Cl)c(C)c1. The standard InChI is InChI=1S/C35H48ClN2O2/c1-4-6-7-8-9-10-11-12-13-16-24-40-32-22-21-31(29(3)25-32)28-38(27-30-18-17-23-37(5-2)26-30)35(39)33-19-14-15-20-34(33)36/h14-15,17-23,25-26H,4-13,16,24,27-28H2,1-3H3/q+1. The number of hydrogen-bond acceptors (Lipinski definition) is 2. The zero-order chi connectivity index (χ0) is 28.6. The van der Waals surface area contributed by atoms with Gasteiger partial charge in [-0.05, 0) is 61.7 Å². The number of amides is 1. The lowest BCUT2D eigenvalue weighted by Gasteiger charge is -2.24. The van der Waals surface area contributed by atoms with E-state index in [2.05, 4.69) is 49.7 Å². The van der Waals surface area contributed by atoms with Crippen molar-refractivity contribution in [3.05, 3.63) is 94.3 Å². The van der Waals surface area contributed by atoms with E-state index in [0.717, 1.165) is 42.0 Å². The number of aromatic nitrogens is 1. The molecule has 0 bridgehead atoms. The van der Waals surface area contributed by atoms with Crippen LogP contribution in [0, 0.1) is 6.92 Å². The zero-order valence-corrected chi connectivity index (χ0v) is 25.6. The summed E-state index contributed by atoms with van der Waals surface area (Å²) in [7, 11) is 0. The minimum atomic E-state index is -0.0711. The van der Waals surface area contributed by atoms with E-state index < -0.39 is 0 Å². The van der Waals surface area contributed by atoms with Crippen molar-refractivity contribution in [2.75, 3.05) is 6.61 Å². The van der Waals surface area contributed by atoms with Crippen LogP contribution < -0.4 is 9.30 Å². The molecule has 0 radical (unpaired) electrons. The van der Waals surface area contributed by atoms with Crippen molar-refractivity contribution in [2.45, 2.75) is 105 Å². The molecule has 5 heteroatoms. The van der Waals surface area contributed by atoms with Crippen molar-refractivity contribution < 1.29 is 14.1 Å². The Morgan fingerprint density at radius 1 is 0.850 bits per heavy atom. The Morgan fingerprint density at radius 3 is 2.23 bits per heavy atom. The van der Waals surface area contributed by atoms with Gasteiger partial charge in [0.25, 0.3) is 5.91 Å². The predicted octanol–water partition coefficient (Wildman–Crippen LogP) is 9.10. The number of nitrogens with zero attached hydrogens (tertiary/aromatic N) is 2. The van der Waals surface area contributed by atoms with E-state index in [4.69, 9.17) is 16.3 Å². The summed E-state index contributed by atoms with van der Waals surface area (Å²) in [6.45, 7) is 9.10. The first-order chi connectivity index (χ1) is 19.5. The number of benzene rings is 2. The summed E-state index contributed by atoms with van der Waals surface area (Å²) in [6, 6.07) is 17.6. The lowest BCUT2D eigenvalue weighted by Crippen LogP contribution is -2.34. The minimum absolute atomic E-state index is 0.0711. The van der Waals surface area contributed by atoms with Gasteiger partial charge in [0.15, 0.2) is 12.4 Å². The van der Waals surface area contributed by atoms with Gasteiger partial charge in [0, 0.05) is 18.2 Å². The van der Waals surface area contributed by atoms with Gasteiger partial charge in [-0.25, -0.2) is 4.57 Å². The predicted molar refractivity (Wildman–Crippen MR) is 166 cm³/mol. The Hall–Kier alpha value is -2.85. The second-order valence-electron chi connectivity index (χ2n) is 10.8. The number of aryl methyl sites for hydroxylation is 2. The van der Waals surface area contributed by atoms with Gasteiger partial charge >= 0.3 is 0 Å². The van der Waals surface area contributed by atoms with Gasteiger partial charge in [-0.3, -0.25) is 4.79 Å². The van der Waals surface area contributed by atoms with Crippen molar-refractivity contribution in [3.63, 3.8) is 0 Å². The maximum Gasteiger partial charge on any atom is 0.255 e. The topological polar surface area (TPSA) is 33.4 Å². The molecule has 1 aromatic heterocycles.